The second kappa shape index (κ2) is 7.49. The fourth-order valence-electron chi connectivity index (χ4n) is 2.09. The molecular weight excluding hydrogens is 312 g/mol. The van der Waals surface area contributed by atoms with Crippen LogP contribution in [0.5, 0.6) is 5.75 Å². The number of benzene rings is 2. The number of hydrogen-bond acceptors (Lipinski definition) is 1. The van der Waals surface area contributed by atoms with Crippen molar-refractivity contribution in [2.24, 2.45) is 0 Å². The van der Waals surface area contributed by atoms with Crippen molar-refractivity contribution in [2.75, 3.05) is 6.61 Å². The number of rotatable bonds is 6. The molecular formula is C18H21BrO. The van der Waals surface area contributed by atoms with Gasteiger partial charge in [0.2, 0.25) is 0 Å². The molecule has 0 aliphatic rings. The molecule has 20 heavy (non-hydrogen) atoms. The van der Waals surface area contributed by atoms with Gasteiger partial charge in [0, 0.05) is 4.47 Å². The molecule has 0 saturated heterocycles. The summed E-state index contributed by atoms with van der Waals surface area (Å²) in [6.45, 7) is 5.14. The summed E-state index contributed by atoms with van der Waals surface area (Å²) in [4.78, 5) is 0. The Labute approximate surface area is 130 Å². The Morgan fingerprint density at radius 1 is 1.05 bits per heavy atom. The minimum absolute atomic E-state index is 0.806. The van der Waals surface area contributed by atoms with Gasteiger partial charge in [-0.1, -0.05) is 47.5 Å². The monoisotopic (exact) mass is 332 g/mol. The zero-order valence-electron chi connectivity index (χ0n) is 12.2. The van der Waals surface area contributed by atoms with Gasteiger partial charge >= 0.3 is 0 Å². The van der Waals surface area contributed by atoms with Crippen LogP contribution < -0.4 is 4.74 Å². The molecule has 0 saturated carbocycles. The molecule has 106 valence electrons. The van der Waals surface area contributed by atoms with Crippen LogP contribution in [0.2, 0.25) is 0 Å². The predicted octanol–water partition coefficient (Wildman–Crippen LogP) is 5.53. The van der Waals surface area contributed by atoms with E-state index in [1.165, 1.54) is 23.1 Å². The lowest BCUT2D eigenvalue weighted by Crippen LogP contribution is -1.97. The van der Waals surface area contributed by atoms with E-state index in [0.29, 0.717) is 0 Å². The van der Waals surface area contributed by atoms with Crippen molar-refractivity contribution in [3.8, 4) is 5.75 Å². The Morgan fingerprint density at radius 2 is 1.80 bits per heavy atom. The highest BCUT2D eigenvalue weighted by atomic mass is 79.9. The average Bonchev–Trinajstić information content (AvgIpc) is 2.45. The van der Waals surface area contributed by atoms with Crippen molar-refractivity contribution in [1.29, 1.82) is 0 Å². The molecule has 0 radical (unpaired) electrons. The Bertz CT molecular complexity index is 546. The molecule has 0 heterocycles. The third-order valence-electron chi connectivity index (χ3n) is 3.40. The summed E-state index contributed by atoms with van der Waals surface area (Å²) >= 11 is 3.54. The molecule has 0 aliphatic heterocycles. The molecule has 2 rings (SSSR count). The molecule has 0 amide bonds. The second-order valence-corrected chi connectivity index (χ2v) is 6.01. The topological polar surface area (TPSA) is 9.23 Å². The fourth-order valence-corrected chi connectivity index (χ4v) is 2.50. The van der Waals surface area contributed by atoms with Crippen molar-refractivity contribution in [2.45, 2.75) is 33.1 Å². The van der Waals surface area contributed by atoms with Crippen LogP contribution in [0.3, 0.4) is 0 Å². The highest BCUT2D eigenvalue weighted by molar-refractivity contribution is 9.10. The van der Waals surface area contributed by atoms with Crippen LogP contribution in [-0.2, 0) is 6.42 Å². The first-order chi connectivity index (χ1) is 9.69. The van der Waals surface area contributed by atoms with Gasteiger partial charge in [0.05, 0.1) is 6.61 Å². The second-order valence-electron chi connectivity index (χ2n) is 5.09. The van der Waals surface area contributed by atoms with Crippen molar-refractivity contribution < 1.29 is 4.74 Å². The normalized spacial score (nSPS) is 10.6. The van der Waals surface area contributed by atoms with Gasteiger partial charge in [-0.3, -0.25) is 0 Å². The molecule has 0 bridgehead atoms. The zero-order chi connectivity index (χ0) is 14.4. The van der Waals surface area contributed by atoms with Crippen LogP contribution >= 0.6 is 15.9 Å². The van der Waals surface area contributed by atoms with Crippen molar-refractivity contribution in [1.82, 2.24) is 0 Å². The maximum absolute atomic E-state index is 5.69. The molecule has 0 atom stereocenters. The van der Waals surface area contributed by atoms with E-state index >= 15 is 0 Å². The number of halogens is 1. The number of aryl methyl sites for hydroxylation is 1. The van der Waals surface area contributed by atoms with Crippen LogP contribution in [0.15, 0.2) is 46.9 Å². The third kappa shape index (κ3) is 4.38. The van der Waals surface area contributed by atoms with Crippen molar-refractivity contribution in [3.63, 3.8) is 0 Å². The Hall–Kier alpha value is -1.28. The van der Waals surface area contributed by atoms with E-state index in [1.807, 2.05) is 0 Å². The minimum atomic E-state index is 0.806. The van der Waals surface area contributed by atoms with E-state index in [-0.39, 0.29) is 0 Å². The van der Waals surface area contributed by atoms with Crippen LogP contribution in [-0.4, -0.2) is 6.61 Å². The SMILES string of the molecule is CCCCOc1ccc(Cc2cc(Br)ccc2C)cc1. The maximum Gasteiger partial charge on any atom is 0.119 e. The molecule has 0 unspecified atom stereocenters. The first kappa shape index (κ1) is 15.1. The summed E-state index contributed by atoms with van der Waals surface area (Å²) in [6, 6.07) is 14.9. The van der Waals surface area contributed by atoms with Crippen molar-refractivity contribution in [3.05, 3.63) is 63.6 Å². The zero-order valence-corrected chi connectivity index (χ0v) is 13.7. The van der Waals surface area contributed by atoms with Crippen LogP contribution in [0.25, 0.3) is 0 Å². The van der Waals surface area contributed by atoms with Crippen LogP contribution in [0.1, 0.15) is 36.5 Å². The summed E-state index contributed by atoms with van der Waals surface area (Å²) in [7, 11) is 0. The van der Waals surface area contributed by atoms with Crippen LogP contribution in [0.4, 0.5) is 0 Å². The summed E-state index contributed by atoms with van der Waals surface area (Å²) in [5.41, 5.74) is 4.00. The standard InChI is InChI=1S/C18H21BrO/c1-3-4-11-20-18-9-6-15(7-10-18)12-16-13-17(19)8-5-14(16)2/h5-10,13H,3-4,11-12H2,1-2H3. The molecule has 2 aromatic rings. The van der Waals surface area contributed by atoms with E-state index in [4.69, 9.17) is 4.74 Å². The first-order valence-electron chi connectivity index (χ1n) is 7.16. The van der Waals surface area contributed by atoms with Gasteiger partial charge in [0.1, 0.15) is 5.75 Å². The fraction of sp³-hybridized carbons (Fsp3) is 0.333. The van der Waals surface area contributed by atoms with Gasteiger partial charge in [-0.2, -0.15) is 0 Å². The third-order valence-corrected chi connectivity index (χ3v) is 3.89. The van der Waals surface area contributed by atoms with Gasteiger partial charge in [0.15, 0.2) is 0 Å². The molecule has 0 N–H and O–H groups in total. The molecule has 0 spiro atoms. The van der Waals surface area contributed by atoms with Gasteiger partial charge in [-0.25, -0.2) is 0 Å². The van der Waals surface area contributed by atoms with E-state index < -0.39 is 0 Å². The van der Waals surface area contributed by atoms with Crippen molar-refractivity contribution >= 4 is 15.9 Å². The Morgan fingerprint density at radius 3 is 2.50 bits per heavy atom. The van der Waals surface area contributed by atoms with Gasteiger partial charge < -0.3 is 4.74 Å². The largest absolute Gasteiger partial charge is 0.494 e. The minimum Gasteiger partial charge on any atom is -0.494 e. The van der Waals surface area contributed by atoms with Gasteiger partial charge in [-0.05, 0) is 60.7 Å². The van der Waals surface area contributed by atoms with E-state index in [1.54, 1.807) is 0 Å². The molecule has 2 heteroatoms. The molecule has 0 fully saturated rings. The van der Waals surface area contributed by atoms with Gasteiger partial charge in [0.25, 0.3) is 0 Å². The molecule has 2 aromatic carbocycles. The van der Waals surface area contributed by atoms with E-state index in [0.717, 1.165) is 29.7 Å². The summed E-state index contributed by atoms with van der Waals surface area (Å²) < 4.78 is 6.82. The lowest BCUT2D eigenvalue weighted by molar-refractivity contribution is 0.309. The van der Waals surface area contributed by atoms with Crippen LogP contribution in [0, 0.1) is 6.92 Å². The summed E-state index contributed by atoms with van der Waals surface area (Å²) in [5.74, 6) is 0.966. The number of hydrogen-bond donors (Lipinski definition) is 0. The number of unbranched alkanes of at least 4 members (excludes halogenated alkanes) is 1. The lowest BCUT2D eigenvalue weighted by Gasteiger charge is -2.09. The van der Waals surface area contributed by atoms with E-state index in [2.05, 4.69) is 72.2 Å². The smallest absolute Gasteiger partial charge is 0.119 e. The Balaban J connectivity index is 2.01. The quantitative estimate of drug-likeness (QED) is 0.632. The average molecular weight is 333 g/mol. The first-order valence-corrected chi connectivity index (χ1v) is 7.95. The Kier molecular flexibility index (Phi) is 5.66. The summed E-state index contributed by atoms with van der Waals surface area (Å²) in [5, 5.41) is 0. The highest BCUT2D eigenvalue weighted by Crippen LogP contribution is 2.20. The molecule has 1 nitrogen and oxygen atoms in total. The molecule has 0 aliphatic carbocycles. The predicted molar refractivity (Wildman–Crippen MR) is 88.5 cm³/mol. The lowest BCUT2D eigenvalue weighted by atomic mass is 10.0. The highest BCUT2D eigenvalue weighted by Gasteiger charge is 2.02. The molecule has 0 aromatic heterocycles. The van der Waals surface area contributed by atoms with E-state index in [9.17, 15) is 0 Å². The maximum atomic E-state index is 5.69. The number of ether oxygens (including phenoxy) is 1. The van der Waals surface area contributed by atoms with Gasteiger partial charge in [-0.15, -0.1) is 0 Å². The summed E-state index contributed by atoms with van der Waals surface area (Å²) in [6.07, 6.45) is 3.24.